The Balaban J connectivity index is 1.90. The Labute approximate surface area is 170 Å². The highest BCUT2D eigenvalue weighted by Gasteiger charge is 2.17. The zero-order chi connectivity index (χ0) is 19.3. The maximum atomic E-state index is 13.4. The predicted molar refractivity (Wildman–Crippen MR) is 112 cm³/mol. The summed E-state index contributed by atoms with van der Waals surface area (Å²) in [6.07, 6.45) is 1.80. The topological polar surface area (TPSA) is 30.7 Å². The third kappa shape index (κ3) is 2.82. The fourth-order valence-electron chi connectivity index (χ4n) is 3.35. The van der Waals surface area contributed by atoms with Crippen molar-refractivity contribution in [2.45, 2.75) is 0 Å². The van der Waals surface area contributed by atoms with Crippen molar-refractivity contribution in [2.75, 3.05) is 0 Å². The second kappa shape index (κ2) is 6.59. The van der Waals surface area contributed by atoms with Crippen LogP contribution in [-0.4, -0.2) is 14.8 Å². The summed E-state index contributed by atoms with van der Waals surface area (Å²) < 4.78 is 15.3. The van der Waals surface area contributed by atoms with Crippen molar-refractivity contribution in [3.63, 3.8) is 0 Å². The highest BCUT2D eigenvalue weighted by Crippen LogP contribution is 2.34. The number of hydrogen-bond acceptors (Lipinski definition) is 2. The minimum Gasteiger partial charge on any atom is -0.255 e. The number of halogens is 3. The predicted octanol–water partition coefficient (Wildman–Crippen LogP) is 6.69. The molecule has 0 amide bonds. The minimum atomic E-state index is -0.291. The summed E-state index contributed by atoms with van der Waals surface area (Å²) in [4.78, 5) is 4.57. The molecule has 0 fully saturated rings. The molecule has 0 saturated heterocycles. The zero-order valence-electron chi connectivity index (χ0n) is 14.4. The molecular weight excluding hydrogens is 396 g/mol. The van der Waals surface area contributed by atoms with Gasteiger partial charge in [-0.25, -0.2) is 9.07 Å². The third-order valence-corrected chi connectivity index (χ3v) is 5.14. The van der Waals surface area contributed by atoms with Gasteiger partial charge in [0, 0.05) is 32.6 Å². The van der Waals surface area contributed by atoms with Crippen LogP contribution in [0.15, 0.2) is 72.9 Å². The summed E-state index contributed by atoms with van der Waals surface area (Å²) in [5, 5.41) is 7.85. The van der Waals surface area contributed by atoms with Crippen LogP contribution in [0.1, 0.15) is 0 Å². The van der Waals surface area contributed by atoms with E-state index >= 15 is 0 Å². The second-order valence-electron chi connectivity index (χ2n) is 6.43. The van der Waals surface area contributed by atoms with Crippen molar-refractivity contribution in [1.82, 2.24) is 14.8 Å². The maximum absolute atomic E-state index is 13.4. The summed E-state index contributed by atoms with van der Waals surface area (Å²) in [7, 11) is 0. The van der Waals surface area contributed by atoms with E-state index < -0.39 is 0 Å². The summed E-state index contributed by atoms with van der Waals surface area (Å²) in [6, 6.07) is 19.3. The molecule has 0 atom stereocenters. The van der Waals surface area contributed by atoms with Crippen LogP contribution < -0.4 is 0 Å². The molecule has 0 spiro atoms. The van der Waals surface area contributed by atoms with Crippen LogP contribution in [0.2, 0.25) is 10.0 Å². The van der Waals surface area contributed by atoms with Crippen LogP contribution in [0, 0.1) is 5.82 Å². The van der Waals surface area contributed by atoms with Crippen molar-refractivity contribution >= 4 is 45.0 Å². The van der Waals surface area contributed by atoms with Gasteiger partial charge in [0.1, 0.15) is 11.5 Å². The van der Waals surface area contributed by atoms with E-state index in [4.69, 9.17) is 28.3 Å². The van der Waals surface area contributed by atoms with Gasteiger partial charge >= 0.3 is 0 Å². The molecule has 0 unspecified atom stereocenters. The van der Waals surface area contributed by atoms with Gasteiger partial charge in [0.25, 0.3) is 0 Å². The first-order valence-electron chi connectivity index (χ1n) is 8.59. The summed E-state index contributed by atoms with van der Waals surface area (Å²) in [6.45, 7) is 0. The SMILES string of the molecule is Fc1ccc(-c2nn(-c3ccc(Cl)cc3)c3c2cnc2ccc(Cl)cc23)cc1. The first-order chi connectivity index (χ1) is 13.6. The molecule has 2 aromatic heterocycles. The van der Waals surface area contributed by atoms with Gasteiger partial charge in [-0.1, -0.05) is 23.2 Å². The quantitative estimate of drug-likeness (QED) is 0.326. The fraction of sp³-hybridized carbons (Fsp3) is 0. The highest BCUT2D eigenvalue weighted by atomic mass is 35.5. The summed E-state index contributed by atoms with van der Waals surface area (Å²) in [5.74, 6) is -0.291. The number of nitrogens with zero attached hydrogens (tertiary/aromatic N) is 3. The largest absolute Gasteiger partial charge is 0.255 e. The Kier molecular flexibility index (Phi) is 4.04. The van der Waals surface area contributed by atoms with E-state index in [0.717, 1.165) is 38.8 Å². The molecule has 6 heteroatoms. The molecule has 0 aliphatic rings. The molecule has 2 heterocycles. The van der Waals surface area contributed by atoms with E-state index in [1.807, 2.05) is 47.1 Å². The Hall–Kier alpha value is -2.95. The molecule has 0 saturated carbocycles. The molecular formula is C22H12Cl2FN3. The molecule has 28 heavy (non-hydrogen) atoms. The van der Waals surface area contributed by atoms with Crippen molar-refractivity contribution in [3.8, 4) is 16.9 Å². The molecule has 0 aliphatic heterocycles. The Morgan fingerprint density at radius 2 is 1.50 bits per heavy atom. The summed E-state index contributed by atoms with van der Waals surface area (Å²) in [5.41, 5.74) is 4.09. The molecule has 3 aromatic carbocycles. The van der Waals surface area contributed by atoms with E-state index in [9.17, 15) is 4.39 Å². The lowest BCUT2D eigenvalue weighted by atomic mass is 10.1. The van der Waals surface area contributed by atoms with Gasteiger partial charge in [-0.2, -0.15) is 5.10 Å². The van der Waals surface area contributed by atoms with Crippen molar-refractivity contribution < 1.29 is 4.39 Å². The normalized spacial score (nSPS) is 11.4. The van der Waals surface area contributed by atoms with E-state index in [1.165, 1.54) is 12.1 Å². The average Bonchev–Trinajstić information content (AvgIpc) is 3.09. The third-order valence-electron chi connectivity index (χ3n) is 4.66. The van der Waals surface area contributed by atoms with Gasteiger partial charge in [-0.3, -0.25) is 4.98 Å². The molecule has 0 aliphatic carbocycles. The van der Waals surface area contributed by atoms with Gasteiger partial charge in [0.05, 0.1) is 16.7 Å². The smallest absolute Gasteiger partial charge is 0.123 e. The average molecular weight is 408 g/mol. The lowest BCUT2D eigenvalue weighted by molar-refractivity contribution is 0.628. The number of aromatic nitrogens is 3. The van der Waals surface area contributed by atoms with E-state index in [0.29, 0.717) is 10.0 Å². The van der Waals surface area contributed by atoms with Gasteiger partial charge in [0.2, 0.25) is 0 Å². The van der Waals surface area contributed by atoms with E-state index in [-0.39, 0.29) is 5.82 Å². The lowest BCUT2D eigenvalue weighted by Gasteiger charge is -2.06. The van der Waals surface area contributed by atoms with Crippen LogP contribution in [0.5, 0.6) is 0 Å². The number of pyridine rings is 1. The van der Waals surface area contributed by atoms with Gasteiger partial charge < -0.3 is 0 Å². The molecule has 5 aromatic rings. The second-order valence-corrected chi connectivity index (χ2v) is 7.30. The molecule has 5 rings (SSSR count). The highest BCUT2D eigenvalue weighted by molar-refractivity contribution is 6.32. The first-order valence-corrected chi connectivity index (χ1v) is 9.34. The van der Waals surface area contributed by atoms with E-state index in [1.54, 1.807) is 18.3 Å². The number of benzene rings is 3. The molecule has 0 N–H and O–H groups in total. The van der Waals surface area contributed by atoms with Gasteiger partial charge in [-0.15, -0.1) is 0 Å². The van der Waals surface area contributed by atoms with Crippen molar-refractivity contribution in [1.29, 1.82) is 0 Å². The zero-order valence-corrected chi connectivity index (χ0v) is 15.9. The fourth-order valence-corrected chi connectivity index (χ4v) is 3.64. The summed E-state index contributed by atoms with van der Waals surface area (Å²) >= 11 is 12.3. The van der Waals surface area contributed by atoms with Crippen LogP contribution in [0.4, 0.5) is 4.39 Å². The van der Waals surface area contributed by atoms with Crippen LogP contribution in [0.25, 0.3) is 38.8 Å². The number of rotatable bonds is 2. The lowest BCUT2D eigenvalue weighted by Crippen LogP contribution is -1.97. The standard InChI is InChI=1S/C22H12Cl2FN3/c23-14-3-8-17(9-4-14)28-22-18-11-15(24)5-10-20(18)26-12-19(22)21(27-28)13-1-6-16(25)7-2-13/h1-12H. The van der Waals surface area contributed by atoms with Gasteiger partial charge in [0.15, 0.2) is 0 Å². The Morgan fingerprint density at radius 1 is 0.786 bits per heavy atom. The van der Waals surface area contributed by atoms with Crippen LogP contribution >= 0.6 is 23.2 Å². The van der Waals surface area contributed by atoms with Crippen LogP contribution in [0.3, 0.4) is 0 Å². The Morgan fingerprint density at radius 3 is 2.25 bits per heavy atom. The van der Waals surface area contributed by atoms with Gasteiger partial charge in [-0.05, 0) is 66.7 Å². The first kappa shape index (κ1) is 17.2. The molecule has 0 bridgehead atoms. The molecule has 0 radical (unpaired) electrons. The number of fused-ring (bicyclic) bond motifs is 3. The monoisotopic (exact) mass is 407 g/mol. The minimum absolute atomic E-state index is 0.291. The molecule has 136 valence electrons. The maximum Gasteiger partial charge on any atom is 0.123 e. The Bertz CT molecular complexity index is 1330. The van der Waals surface area contributed by atoms with Crippen molar-refractivity contribution in [2.24, 2.45) is 0 Å². The van der Waals surface area contributed by atoms with Crippen LogP contribution in [-0.2, 0) is 0 Å². The molecule has 3 nitrogen and oxygen atoms in total. The number of hydrogen-bond donors (Lipinski definition) is 0. The van der Waals surface area contributed by atoms with Crippen molar-refractivity contribution in [3.05, 3.63) is 88.8 Å². The van der Waals surface area contributed by atoms with E-state index in [2.05, 4.69) is 4.98 Å².